The molecule has 0 aliphatic heterocycles. The highest BCUT2D eigenvalue weighted by Gasteiger charge is 2.38. The standard InChI is InChI=1S/C22H24N4O4.C2HF3O2/c23-22(24)25-9-4-10-30-18-8-7-16-11-17(12-20(27)28)21(29)26(19(16)13-18)14-15-5-2-1-3-6-15;3-2(4,5)1(6)7/h1-3,5-8,11,13H,4,9-10,12,14H2,(H,27,28)(H4,23,24,25);(H,6,7). The lowest BCUT2D eigenvalue weighted by molar-refractivity contribution is -0.192. The van der Waals surface area contributed by atoms with Gasteiger partial charge < -0.3 is 31.0 Å². The molecule has 1 aromatic heterocycles. The Morgan fingerprint density at radius 1 is 1.03 bits per heavy atom. The Bertz CT molecular complexity index is 1320. The number of carboxylic acids is 2. The van der Waals surface area contributed by atoms with Gasteiger partial charge in [-0.05, 0) is 29.1 Å². The third-order valence-electron chi connectivity index (χ3n) is 4.78. The monoisotopic (exact) mass is 522 g/mol. The molecular weight excluding hydrogens is 497 g/mol. The van der Waals surface area contributed by atoms with Gasteiger partial charge in [0.1, 0.15) is 5.75 Å². The molecule has 0 saturated carbocycles. The largest absolute Gasteiger partial charge is 0.493 e. The van der Waals surface area contributed by atoms with Crippen molar-refractivity contribution in [1.82, 2.24) is 4.57 Å². The Balaban J connectivity index is 0.000000604. The summed E-state index contributed by atoms with van der Waals surface area (Å²) in [5.41, 5.74) is 12.2. The van der Waals surface area contributed by atoms with Gasteiger partial charge in [0.05, 0.1) is 25.1 Å². The molecule has 37 heavy (non-hydrogen) atoms. The quantitative estimate of drug-likeness (QED) is 0.188. The number of aromatic nitrogens is 1. The first-order valence-corrected chi connectivity index (χ1v) is 10.8. The lowest BCUT2D eigenvalue weighted by Gasteiger charge is -2.14. The molecule has 0 saturated heterocycles. The van der Waals surface area contributed by atoms with Gasteiger partial charge in [-0.3, -0.25) is 14.6 Å². The molecule has 0 bridgehead atoms. The summed E-state index contributed by atoms with van der Waals surface area (Å²) in [6.45, 7) is 1.22. The molecule has 0 atom stereocenters. The lowest BCUT2D eigenvalue weighted by Crippen LogP contribution is -2.26. The number of carboxylic acid groups (broad SMARTS) is 2. The molecular formula is C24H25F3N4O6. The van der Waals surface area contributed by atoms with Gasteiger partial charge >= 0.3 is 18.1 Å². The number of aliphatic carboxylic acids is 2. The van der Waals surface area contributed by atoms with Crippen molar-refractivity contribution in [3.63, 3.8) is 0 Å². The first kappa shape index (κ1) is 28.7. The number of ether oxygens (including phenoxy) is 1. The zero-order chi connectivity index (χ0) is 27.6. The van der Waals surface area contributed by atoms with Gasteiger partial charge in [-0.15, -0.1) is 0 Å². The summed E-state index contributed by atoms with van der Waals surface area (Å²) in [5, 5.41) is 17.1. The number of pyridine rings is 1. The smallest absolute Gasteiger partial charge is 0.490 e. The predicted octanol–water partition coefficient (Wildman–Crippen LogP) is 2.35. The van der Waals surface area contributed by atoms with E-state index in [1.165, 1.54) is 0 Å². The maximum absolute atomic E-state index is 13.0. The molecule has 0 unspecified atom stereocenters. The lowest BCUT2D eigenvalue weighted by atomic mass is 10.1. The van der Waals surface area contributed by atoms with Gasteiger partial charge in [0.25, 0.3) is 5.56 Å². The van der Waals surface area contributed by atoms with Crippen LogP contribution in [0.3, 0.4) is 0 Å². The van der Waals surface area contributed by atoms with E-state index in [4.69, 9.17) is 26.1 Å². The summed E-state index contributed by atoms with van der Waals surface area (Å²) in [6.07, 6.45) is -4.77. The molecule has 6 N–H and O–H groups in total. The second-order valence-corrected chi connectivity index (χ2v) is 7.65. The van der Waals surface area contributed by atoms with E-state index in [-0.39, 0.29) is 23.5 Å². The molecule has 0 amide bonds. The molecule has 0 fully saturated rings. The first-order valence-electron chi connectivity index (χ1n) is 10.8. The van der Waals surface area contributed by atoms with Crippen LogP contribution in [0.15, 0.2) is 64.4 Å². The normalized spacial score (nSPS) is 10.8. The van der Waals surface area contributed by atoms with Crippen LogP contribution in [-0.4, -0.2) is 52.0 Å². The van der Waals surface area contributed by atoms with Crippen LogP contribution >= 0.6 is 0 Å². The fraction of sp³-hybridized carbons (Fsp3) is 0.250. The van der Waals surface area contributed by atoms with Gasteiger partial charge in [-0.2, -0.15) is 13.2 Å². The average Bonchev–Trinajstić information content (AvgIpc) is 2.81. The van der Waals surface area contributed by atoms with E-state index < -0.39 is 18.1 Å². The van der Waals surface area contributed by atoms with Crippen molar-refractivity contribution >= 4 is 28.8 Å². The minimum atomic E-state index is -5.08. The topological polar surface area (TPSA) is 170 Å². The van der Waals surface area contributed by atoms with Crippen molar-refractivity contribution in [3.05, 3.63) is 76.1 Å². The van der Waals surface area contributed by atoms with E-state index in [1.54, 1.807) is 22.8 Å². The van der Waals surface area contributed by atoms with Crippen LogP contribution in [0.1, 0.15) is 17.5 Å². The van der Waals surface area contributed by atoms with Crippen molar-refractivity contribution in [1.29, 1.82) is 0 Å². The highest BCUT2D eigenvalue weighted by molar-refractivity contribution is 5.82. The molecule has 13 heteroatoms. The molecule has 198 valence electrons. The van der Waals surface area contributed by atoms with Crippen LogP contribution in [0, 0.1) is 0 Å². The number of nitrogens with two attached hydrogens (primary N) is 2. The van der Waals surface area contributed by atoms with Gasteiger partial charge in [0.15, 0.2) is 5.96 Å². The number of benzene rings is 2. The van der Waals surface area contributed by atoms with E-state index in [9.17, 15) is 27.9 Å². The van der Waals surface area contributed by atoms with Crippen LogP contribution in [0.4, 0.5) is 13.2 Å². The summed E-state index contributed by atoms with van der Waals surface area (Å²) in [6, 6.07) is 16.6. The Labute approximate surface area is 208 Å². The Hall–Kier alpha value is -4.55. The summed E-state index contributed by atoms with van der Waals surface area (Å²) in [5.74, 6) is -3.15. The molecule has 3 rings (SSSR count). The van der Waals surface area contributed by atoms with Crippen LogP contribution in [-0.2, 0) is 22.6 Å². The van der Waals surface area contributed by atoms with Crippen molar-refractivity contribution in [2.45, 2.75) is 25.6 Å². The van der Waals surface area contributed by atoms with E-state index in [2.05, 4.69) is 4.99 Å². The highest BCUT2D eigenvalue weighted by Crippen LogP contribution is 2.22. The number of hydrogen-bond acceptors (Lipinski definition) is 5. The molecule has 0 radical (unpaired) electrons. The molecule has 0 aliphatic carbocycles. The van der Waals surface area contributed by atoms with Crippen molar-refractivity contribution < 1.29 is 37.7 Å². The van der Waals surface area contributed by atoms with Crippen LogP contribution < -0.4 is 21.8 Å². The number of hydrogen-bond donors (Lipinski definition) is 4. The van der Waals surface area contributed by atoms with Crippen LogP contribution in [0.2, 0.25) is 0 Å². The molecule has 3 aromatic rings. The maximum Gasteiger partial charge on any atom is 0.490 e. The third kappa shape index (κ3) is 9.20. The van der Waals surface area contributed by atoms with E-state index >= 15 is 0 Å². The number of aliphatic imine (C=N–C) groups is 1. The Kier molecular flexibility index (Phi) is 10.0. The fourth-order valence-corrected chi connectivity index (χ4v) is 3.18. The van der Waals surface area contributed by atoms with Crippen molar-refractivity contribution in [2.24, 2.45) is 16.5 Å². The Morgan fingerprint density at radius 3 is 2.24 bits per heavy atom. The predicted molar refractivity (Wildman–Crippen MR) is 130 cm³/mol. The Morgan fingerprint density at radius 2 is 1.68 bits per heavy atom. The number of carbonyl (C=O) groups is 2. The molecule has 1 heterocycles. The number of halogens is 3. The first-order chi connectivity index (χ1) is 17.4. The third-order valence-corrected chi connectivity index (χ3v) is 4.78. The summed E-state index contributed by atoms with van der Waals surface area (Å²) in [4.78, 5) is 37.0. The summed E-state index contributed by atoms with van der Waals surface area (Å²) < 4.78 is 39.1. The average molecular weight is 522 g/mol. The molecule has 10 nitrogen and oxygen atoms in total. The van der Waals surface area contributed by atoms with Gasteiger partial charge in [-0.1, -0.05) is 30.3 Å². The molecule has 0 aliphatic rings. The molecule has 2 aromatic carbocycles. The SMILES string of the molecule is NC(N)=NCCCOc1ccc2cc(CC(=O)O)c(=O)n(Cc3ccccc3)c2c1.O=C(O)C(F)(F)F. The molecule has 0 spiro atoms. The minimum absolute atomic E-state index is 0.0443. The second-order valence-electron chi connectivity index (χ2n) is 7.65. The van der Waals surface area contributed by atoms with Crippen molar-refractivity contribution in [3.8, 4) is 5.75 Å². The fourth-order valence-electron chi connectivity index (χ4n) is 3.18. The van der Waals surface area contributed by atoms with Crippen LogP contribution in [0.25, 0.3) is 10.9 Å². The van der Waals surface area contributed by atoms with Gasteiger partial charge in [-0.25, -0.2) is 4.79 Å². The zero-order valence-corrected chi connectivity index (χ0v) is 19.4. The van der Waals surface area contributed by atoms with Gasteiger partial charge in [0, 0.05) is 24.6 Å². The summed E-state index contributed by atoms with van der Waals surface area (Å²) >= 11 is 0. The number of guanidine groups is 1. The maximum atomic E-state index is 13.0. The highest BCUT2D eigenvalue weighted by atomic mass is 19.4. The number of rotatable bonds is 9. The number of fused-ring (bicyclic) bond motifs is 1. The number of nitrogens with zero attached hydrogens (tertiary/aromatic N) is 2. The second kappa shape index (κ2) is 13.0. The zero-order valence-electron chi connectivity index (χ0n) is 19.4. The van der Waals surface area contributed by atoms with E-state index in [1.807, 2.05) is 36.4 Å². The minimum Gasteiger partial charge on any atom is -0.493 e. The van der Waals surface area contributed by atoms with Gasteiger partial charge in [0.2, 0.25) is 0 Å². The van der Waals surface area contributed by atoms with E-state index in [0.29, 0.717) is 37.4 Å². The van der Waals surface area contributed by atoms with Crippen molar-refractivity contribution in [2.75, 3.05) is 13.2 Å². The number of alkyl halides is 3. The van der Waals surface area contributed by atoms with Crippen LogP contribution in [0.5, 0.6) is 5.75 Å². The van der Waals surface area contributed by atoms with E-state index in [0.717, 1.165) is 10.9 Å². The summed E-state index contributed by atoms with van der Waals surface area (Å²) in [7, 11) is 0.